The number of anilines is 2. The molecule has 0 radical (unpaired) electrons. The number of nitrogens with two attached hydrogens (primary N) is 1. The molecule has 4 N–H and O–H groups in total. The predicted octanol–water partition coefficient (Wildman–Crippen LogP) is 1.82. The highest BCUT2D eigenvalue weighted by atomic mass is 16.5. The van der Waals surface area contributed by atoms with Gasteiger partial charge >= 0.3 is 0 Å². The highest BCUT2D eigenvalue weighted by Gasteiger charge is 2.15. The Bertz CT molecular complexity index is 582. The number of aromatic amines is 1. The zero-order valence-corrected chi connectivity index (χ0v) is 11.2. The van der Waals surface area contributed by atoms with Crippen LogP contribution in [0.1, 0.15) is 30.3 Å². The van der Waals surface area contributed by atoms with Crippen molar-refractivity contribution in [2.24, 2.45) is 0 Å². The maximum Gasteiger partial charge on any atom is 0.280 e. The first-order valence-electron chi connectivity index (χ1n) is 6.41. The number of carbonyl (C=O) groups excluding carboxylic acids is 1. The van der Waals surface area contributed by atoms with Crippen molar-refractivity contribution in [3.8, 4) is 5.75 Å². The summed E-state index contributed by atoms with van der Waals surface area (Å²) >= 11 is 0. The maximum absolute atomic E-state index is 12.0. The molecular formula is C13H17N5O2. The van der Waals surface area contributed by atoms with E-state index in [-0.39, 0.29) is 11.5 Å². The first-order chi connectivity index (χ1) is 9.72. The number of nitrogens with one attached hydrogen (secondary N) is 2. The number of hydrogen-bond donors (Lipinski definition) is 3. The highest BCUT2D eigenvalue weighted by molar-refractivity contribution is 6.06. The van der Waals surface area contributed by atoms with Gasteiger partial charge in [0, 0.05) is 0 Å². The first-order valence-corrected chi connectivity index (χ1v) is 6.41. The van der Waals surface area contributed by atoms with Crippen molar-refractivity contribution < 1.29 is 9.53 Å². The van der Waals surface area contributed by atoms with Gasteiger partial charge in [0.25, 0.3) is 5.91 Å². The van der Waals surface area contributed by atoms with Crippen LogP contribution in [0.25, 0.3) is 0 Å². The molecule has 0 aliphatic heterocycles. The molecule has 1 aromatic carbocycles. The number of nitrogens with zero attached hydrogens (tertiary/aromatic N) is 2. The smallest absolute Gasteiger partial charge is 0.280 e. The molecule has 7 heteroatoms. The summed E-state index contributed by atoms with van der Waals surface area (Å²) in [4.78, 5) is 12.0. The Balaban J connectivity index is 2.09. The number of nitrogen functional groups attached to an aromatic ring is 1. The number of hydrogen-bond acceptors (Lipinski definition) is 5. The Hall–Kier alpha value is -2.57. The summed E-state index contributed by atoms with van der Waals surface area (Å²) in [5.41, 5.74) is 6.18. The second-order valence-electron chi connectivity index (χ2n) is 4.21. The van der Waals surface area contributed by atoms with Gasteiger partial charge in [0.05, 0.1) is 12.3 Å². The lowest BCUT2D eigenvalue weighted by atomic mass is 10.2. The molecule has 0 spiro atoms. The van der Waals surface area contributed by atoms with E-state index in [4.69, 9.17) is 10.5 Å². The third kappa shape index (κ3) is 3.25. The summed E-state index contributed by atoms with van der Waals surface area (Å²) in [5.74, 6) is 0.256. The standard InChI is InChI=1S/C13H17N5O2/c1-2-3-8-20-10-7-5-4-6-9(10)15-13(19)11-12(14)17-18-16-11/h4-7H,2-3,8H2,1H3,(H,15,19)(H3,14,16,17,18). The molecule has 2 rings (SSSR count). The molecule has 1 heterocycles. The minimum Gasteiger partial charge on any atom is -0.491 e. The molecule has 0 bridgehead atoms. The van der Waals surface area contributed by atoms with Crippen LogP contribution in [0.5, 0.6) is 5.75 Å². The minimum absolute atomic E-state index is 0.0619. The Morgan fingerprint density at radius 3 is 2.90 bits per heavy atom. The molecular weight excluding hydrogens is 258 g/mol. The number of ether oxygens (including phenoxy) is 1. The lowest BCUT2D eigenvalue weighted by Gasteiger charge is -2.11. The lowest BCUT2D eigenvalue weighted by Crippen LogP contribution is -2.15. The van der Waals surface area contributed by atoms with Crippen LogP contribution < -0.4 is 15.8 Å². The largest absolute Gasteiger partial charge is 0.491 e. The summed E-state index contributed by atoms with van der Waals surface area (Å²) in [7, 11) is 0. The normalized spacial score (nSPS) is 10.2. The van der Waals surface area contributed by atoms with E-state index in [1.807, 2.05) is 12.1 Å². The SMILES string of the molecule is CCCCOc1ccccc1NC(=O)c1n[nH]nc1N. The number of H-pyrrole nitrogens is 1. The van der Waals surface area contributed by atoms with Crippen LogP contribution in [0.15, 0.2) is 24.3 Å². The quantitative estimate of drug-likeness (QED) is 0.697. The average Bonchev–Trinajstić information content (AvgIpc) is 2.87. The Kier molecular flexibility index (Phi) is 4.54. The van der Waals surface area contributed by atoms with Crippen molar-refractivity contribution >= 4 is 17.4 Å². The first kappa shape index (κ1) is 13.9. The van der Waals surface area contributed by atoms with Crippen molar-refractivity contribution in [1.82, 2.24) is 15.4 Å². The summed E-state index contributed by atoms with van der Waals surface area (Å²) in [6.45, 7) is 2.69. The van der Waals surface area contributed by atoms with Crippen LogP contribution in [0.3, 0.4) is 0 Å². The molecule has 0 fully saturated rings. The Labute approximate surface area is 116 Å². The fourth-order valence-corrected chi connectivity index (χ4v) is 1.61. The zero-order chi connectivity index (χ0) is 14.4. The number of benzene rings is 1. The summed E-state index contributed by atoms with van der Waals surface area (Å²) in [6.07, 6.45) is 2.00. The fourth-order valence-electron chi connectivity index (χ4n) is 1.61. The van der Waals surface area contributed by atoms with Crippen molar-refractivity contribution in [1.29, 1.82) is 0 Å². The Morgan fingerprint density at radius 2 is 2.20 bits per heavy atom. The monoisotopic (exact) mass is 275 g/mol. The van der Waals surface area contributed by atoms with Crippen LogP contribution in [-0.4, -0.2) is 27.9 Å². The van der Waals surface area contributed by atoms with E-state index in [0.717, 1.165) is 12.8 Å². The van der Waals surface area contributed by atoms with Gasteiger partial charge in [0.2, 0.25) is 0 Å². The molecule has 0 unspecified atom stereocenters. The molecule has 0 aliphatic carbocycles. The average molecular weight is 275 g/mol. The van der Waals surface area contributed by atoms with E-state index in [2.05, 4.69) is 27.7 Å². The number of amides is 1. The molecule has 7 nitrogen and oxygen atoms in total. The maximum atomic E-state index is 12.0. The number of carbonyl (C=O) groups is 1. The van der Waals surface area contributed by atoms with Gasteiger partial charge in [-0.1, -0.05) is 25.5 Å². The number of aromatic nitrogens is 3. The van der Waals surface area contributed by atoms with Gasteiger partial charge in [-0.3, -0.25) is 4.79 Å². The van der Waals surface area contributed by atoms with E-state index in [0.29, 0.717) is 18.0 Å². The Morgan fingerprint density at radius 1 is 1.40 bits per heavy atom. The van der Waals surface area contributed by atoms with E-state index >= 15 is 0 Å². The van der Waals surface area contributed by atoms with Crippen LogP contribution in [0.2, 0.25) is 0 Å². The van der Waals surface area contributed by atoms with Gasteiger partial charge in [0.15, 0.2) is 11.5 Å². The van der Waals surface area contributed by atoms with Crippen molar-refractivity contribution in [2.75, 3.05) is 17.7 Å². The molecule has 1 aromatic heterocycles. The van der Waals surface area contributed by atoms with Gasteiger partial charge in [-0.05, 0) is 18.6 Å². The molecule has 1 amide bonds. The topological polar surface area (TPSA) is 106 Å². The molecule has 106 valence electrons. The molecule has 0 aliphatic rings. The van der Waals surface area contributed by atoms with E-state index in [1.165, 1.54) is 0 Å². The van der Waals surface area contributed by atoms with Crippen LogP contribution in [0.4, 0.5) is 11.5 Å². The van der Waals surface area contributed by atoms with Gasteiger partial charge < -0.3 is 15.8 Å². The van der Waals surface area contributed by atoms with Gasteiger partial charge in [-0.25, -0.2) is 0 Å². The van der Waals surface area contributed by atoms with E-state index in [1.54, 1.807) is 12.1 Å². The van der Waals surface area contributed by atoms with Gasteiger partial charge in [0.1, 0.15) is 5.75 Å². The van der Waals surface area contributed by atoms with Crippen LogP contribution in [0, 0.1) is 0 Å². The summed E-state index contributed by atoms with van der Waals surface area (Å²) < 4.78 is 5.64. The molecule has 2 aromatic rings. The fraction of sp³-hybridized carbons (Fsp3) is 0.308. The van der Waals surface area contributed by atoms with Gasteiger partial charge in [-0.2, -0.15) is 5.21 Å². The minimum atomic E-state index is -0.428. The molecule has 0 saturated heterocycles. The summed E-state index contributed by atoms with van der Waals surface area (Å²) in [6, 6.07) is 7.22. The zero-order valence-electron chi connectivity index (χ0n) is 11.2. The van der Waals surface area contributed by atoms with Crippen molar-refractivity contribution in [3.05, 3.63) is 30.0 Å². The highest BCUT2D eigenvalue weighted by Crippen LogP contribution is 2.24. The molecule has 0 atom stereocenters. The number of rotatable bonds is 6. The van der Waals surface area contributed by atoms with Gasteiger partial charge in [-0.15, -0.1) is 10.2 Å². The van der Waals surface area contributed by atoms with Crippen molar-refractivity contribution in [2.45, 2.75) is 19.8 Å². The molecule has 20 heavy (non-hydrogen) atoms. The third-order valence-electron chi connectivity index (χ3n) is 2.68. The summed E-state index contributed by atoms with van der Waals surface area (Å²) in [5, 5.41) is 12.3. The van der Waals surface area contributed by atoms with E-state index < -0.39 is 5.91 Å². The second kappa shape index (κ2) is 6.55. The molecule has 0 saturated carbocycles. The van der Waals surface area contributed by atoms with Crippen molar-refractivity contribution in [3.63, 3.8) is 0 Å². The van der Waals surface area contributed by atoms with E-state index in [9.17, 15) is 4.79 Å². The van der Waals surface area contributed by atoms with Crippen LogP contribution in [-0.2, 0) is 0 Å². The predicted molar refractivity (Wildman–Crippen MR) is 75.6 cm³/mol. The lowest BCUT2D eigenvalue weighted by molar-refractivity contribution is 0.102. The second-order valence-corrected chi connectivity index (χ2v) is 4.21. The number of para-hydroxylation sites is 2. The number of unbranched alkanes of at least 4 members (excludes halogenated alkanes) is 1. The van der Waals surface area contributed by atoms with Crippen LogP contribution >= 0.6 is 0 Å². The third-order valence-corrected chi connectivity index (χ3v) is 2.68.